The Balaban J connectivity index is 2.90. The van der Waals surface area contributed by atoms with Crippen molar-refractivity contribution in [1.29, 1.82) is 0 Å². The number of anilines is 1. The van der Waals surface area contributed by atoms with Crippen molar-refractivity contribution in [3.63, 3.8) is 0 Å². The predicted molar refractivity (Wildman–Crippen MR) is 59.1 cm³/mol. The average Bonchev–Trinajstić information content (AvgIpc) is 2.19. The standard InChI is InChI=1S/C10H12F3NOS/c11-10(12,13)9-5-8(14)2-1-7(9)6-16-4-3-15/h1-2,5,15H,3-4,6,14H2. The molecule has 1 rings (SSSR count). The second-order valence-electron chi connectivity index (χ2n) is 3.19. The molecular weight excluding hydrogens is 239 g/mol. The lowest BCUT2D eigenvalue weighted by atomic mass is 10.1. The van der Waals surface area contributed by atoms with E-state index < -0.39 is 11.7 Å². The molecule has 0 aliphatic carbocycles. The molecule has 3 N–H and O–H groups in total. The van der Waals surface area contributed by atoms with Crippen LogP contribution in [0.4, 0.5) is 18.9 Å². The van der Waals surface area contributed by atoms with E-state index in [1.807, 2.05) is 0 Å². The van der Waals surface area contributed by atoms with E-state index in [0.717, 1.165) is 6.07 Å². The highest BCUT2D eigenvalue weighted by Crippen LogP contribution is 2.34. The first-order valence-electron chi connectivity index (χ1n) is 4.59. The van der Waals surface area contributed by atoms with Gasteiger partial charge in [0.25, 0.3) is 0 Å². The summed E-state index contributed by atoms with van der Waals surface area (Å²) in [6.07, 6.45) is -4.38. The average molecular weight is 251 g/mol. The first-order valence-corrected chi connectivity index (χ1v) is 5.75. The molecule has 0 unspecified atom stereocenters. The van der Waals surface area contributed by atoms with Gasteiger partial charge in [0.05, 0.1) is 12.2 Å². The smallest absolute Gasteiger partial charge is 0.399 e. The van der Waals surface area contributed by atoms with Gasteiger partial charge >= 0.3 is 6.18 Å². The molecule has 0 aliphatic rings. The van der Waals surface area contributed by atoms with Crippen LogP contribution in [0.15, 0.2) is 18.2 Å². The molecule has 0 heterocycles. The topological polar surface area (TPSA) is 46.2 Å². The van der Waals surface area contributed by atoms with Gasteiger partial charge in [-0.25, -0.2) is 0 Å². The second kappa shape index (κ2) is 5.45. The number of halogens is 3. The van der Waals surface area contributed by atoms with Crippen molar-refractivity contribution in [3.8, 4) is 0 Å². The number of aliphatic hydroxyl groups is 1. The molecule has 0 bridgehead atoms. The summed E-state index contributed by atoms with van der Waals surface area (Å²) >= 11 is 1.25. The summed E-state index contributed by atoms with van der Waals surface area (Å²) in [6.45, 7) is -0.0407. The molecular formula is C10H12F3NOS. The maximum atomic E-state index is 12.6. The Hall–Kier alpha value is -0.880. The van der Waals surface area contributed by atoms with E-state index in [9.17, 15) is 13.2 Å². The highest BCUT2D eigenvalue weighted by Gasteiger charge is 2.33. The molecule has 90 valence electrons. The number of hydrogen-bond acceptors (Lipinski definition) is 3. The van der Waals surface area contributed by atoms with E-state index in [2.05, 4.69) is 0 Å². The maximum absolute atomic E-state index is 12.6. The van der Waals surface area contributed by atoms with Gasteiger partial charge in [-0.1, -0.05) is 6.07 Å². The number of rotatable bonds is 4. The van der Waals surface area contributed by atoms with Crippen molar-refractivity contribution in [2.45, 2.75) is 11.9 Å². The zero-order valence-electron chi connectivity index (χ0n) is 8.42. The van der Waals surface area contributed by atoms with Gasteiger partial charge in [0.2, 0.25) is 0 Å². The van der Waals surface area contributed by atoms with Gasteiger partial charge in [0.1, 0.15) is 0 Å². The van der Waals surface area contributed by atoms with Crippen LogP contribution in [0.5, 0.6) is 0 Å². The van der Waals surface area contributed by atoms with Gasteiger partial charge in [-0.3, -0.25) is 0 Å². The predicted octanol–water partition coefficient (Wildman–Crippen LogP) is 2.51. The number of nitrogen functional groups attached to an aromatic ring is 1. The minimum absolute atomic E-state index is 0.0407. The highest BCUT2D eigenvalue weighted by molar-refractivity contribution is 7.98. The van der Waals surface area contributed by atoms with Crippen LogP contribution in [0, 0.1) is 0 Å². The van der Waals surface area contributed by atoms with Crippen LogP contribution in [0.25, 0.3) is 0 Å². The van der Waals surface area contributed by atoms with Crippen molar-refractivity contribution >= 4 is 17.4 Å². The first kappa shape index (κ1) is 13.2. The third-order valence-corrected chi connectivity index (χ3v) is 2.92. The fourth-order valence-corrected chi connectivity index (χ4v) is 1.98. The van der Waals surface area contributed by atoms with Gasteiger partial charge in [0.15, 0.2) is 0 Å². The van der Waals surface area contributed by atoms with Crippen LogP contribution < -0.4 is 5.73 Å². The fraction of sp³-hybridized carbons (Fsp3) is 0.400. The van der Waals surface area contributed by atoms with Crippen LogP contribution in [0.3, 0.4) is 0 Å². The molecule has 2 nitrogen and oxygen atoms in total. The van der Waals surface area contributed by atoms with Crippen molar-refractivity contribution < 1.29 is 18.3 Å². The Bertz CT molecular complexity index is 354. The number of aliphatic hydroxyl groups excluding tert-OH is 1. The first-order chi connectivity index (χ1) is 7.45. The number of hydrogen-bond donors (Lipinski definition) is 2. The zero-order valence-corrected chi connectivity index (χ0v) is 9.24. The minimum atomic E-state index is -4.38. The lowest BCUT2D eigenvalue weighted by Gasteiger charge is -2.13. The molecule has 0 aromatic heterocycles. The van der Waals surface area contributed by atoms with E-state index in [0.29, 0.717) is 5.75 Å². The SMILES string of the molecule is Nc1ccc(CSCCO)c(C(F)(F)F)c1. The molecule has 0 spiro atoms. The third-order valence-electron chi connectivity index (χ3n) is 1.93. The van der Waals surface area contributed by atoms with Gasteiger partial charge in [0, 0.05) is 17.2 Å². The Labute approximate surface area is 95.6 Å². The zero-order chi connectivity index (χ0) is 12.2. The molecule has 0 aliphatic heterocycles. The van der Waals surface area contributed by atoms with E-state index >= 15 is 0 Å². The molecule has 0 saturated carbocycles. The summed E-state index contributed by atoms with van der Waals surface area (Å²) in [6, 6.07) is 3.77. The largest absolute Gasteiger partial charge is 0.416 e. The van der Waals surface area contributed by atoms with Crippen molar-refractivity contribution in [1.82, 2.24) is 0 Å². The van der Waals surface area contributed by atoms with Gasteiger partial charge < -0.3 is 10.8 Å². The van der Waals surface area contributed by atoms with Crippen LogP contribution >= 0.6 is 11.8 Å². The molecule has 1 aromatic rings. The molecule has 1 aromatic carbocycles. The number of nitrogens with two attached hydrogens (primary N) is 1. The van der Waals surface area contributed by atoms with Crippen molar-refractivity contribution in [3.05, 3.63) is 29.3 Å². The van der Waals surface area contributed by atoms with Crippen LogP contribution in [0.2, 0.25) is 0 Å². The van der Waals surface area contributed by atoms with E-state index in [4.69, 9.17) is 10.8 Å². The lowest BCUT2D eigenvalue weighted by molar-refractivity contribution is -0.138. The molecule has 0 atom stereocenters. The maximum Gasteiger partial charge on any atom is 0.416 e. The summed E-state index contributed by atoms with van der Waals surface area (Å²) in [7, 11) is 0. The monoisotopic (exact) mass is 251 g/mol. The summed E-state index contributed by atoms with van der Waals surface area (Å²) in [5.41, 5.74) is 4.93. The minimum Gasteiger partial charge on any atom is -0.399 e. The molecule has 0 fully saturated rings. The summed E-state index contributed by atoms with van der Waals surface area (Å²) < 4.78 is 37.9. The van der Waals surface area contributed by atoms with Gasteiger partial charge in [-0.15, -0.1) is 0 Å². The van der Waals surface area contributed by atoms with E-state index in [1.165, 1.54) is 23.9 Å². The number of benzene rings is 1. The molecule has 6 heteroatoms. The van der Waals surface area contributed by atoms with Crippen molar-refractivity contribution in [2.24, 2.45) is 0 Å². The summed E-state index contributed by atoms with van der Waals surface area (Å²) in [5.74, 6) is 0.636. The Morgan fingerprint density at radius 2 is 2.00 bits per heavy atom. The van der Waals surface area contributed by atoms with Gasteiger partial charge in [-0.05, 0) is 17.7 Å². The normalized spacial score (nSPS) is 11.8. The van der Waals surface area contributed by atoms with E-state index in [1.54, 1.807) is 0 Å². The number of thioether (sulfide) groups is 1. The summed E-state index contributed by atoms with van der Waals surface area (Å²) in [5, 5.41) is 8.55. The third kappa shape index (κ3) is 3.61. The van der Waals surface area contributed by atoms with Crippen LogP contribution in [-0.4, -0.2) is 17.5 Å². The molecule has 0 amide bonds. The Morgan fingerprint density at radius 1 is 1.31 bits per heavy atom. The summed E-state index contributed by atoms with van der Waals surface area (Å²) in [4.78, 5) is 0. The Morgan fingerprint density at radius 3 is 2.56 bits per heavy atom. The Kier molecular flexibility index (Phi) is 4.49. The quantitative estimate of drug-likeness (QED) is 0.638. The van der Waals surface area contributed by atoms with Crippen LogP contribution in [-0.2, 0) is 11.9 Å². The van der Waals surface area contributed by atoms with Gasteiger partial charge in [-0.2, -0.15) is 24.9 Å². The van der Waals surface area contributed by atoms with E-state index in [-0.39, 0.29) is 23.6 Å². The van der Waals surface area contributed by atoms with Crippen molar-refractivity contribution in [2.75, 3.05) is 18.1 Å². The number of alkyl halides is 3. The fourth-order valence-electron chi connectivity index (χ4n) is 1.23. The lowest BCUT2D eigenvalue weighted by Crippen LogP contribution is -2.09. The second-order valence-corrected chi connectivity index (χ2v) is 4.30. The molecule has 16 heavy (non-hydrogen) atoms. The van der Waals surface area contributed by atoms with Crippen LogP contribution in [0.1, 0.15) is 11.1 Å². The highest BCUT2D eigenvalue weighted by atomic mass is 32.2. The molecule has 0 radical (unpaired) electrons. The molecule has 0 saturated heterocycles.